The molecule has 0 unspecified atom stereocenters. The zero-order valence-electron chi connectivity index (χ0n) is 8.07. The van der Waals surface area contributed by atoms with E-state index in [2.05, 4.69) is 13.2 Å². The van der Waals surface area contributed by atoms with E-state index in [1.807, 2.05) is 0 Å². The first-order valence-electron chi connectivity index (χ1n) is 5.12. The van der Waals surface area contributed by atoms with Gasteiger partial charge in [-0.3, -0.25) is 0 Å². The van der Waals surface area contributed by atoms with Crippen molar-refractivity contribution in [2.45, 2.75) is 51.4 Å². The molecule has 0 radical (unpaired) electrons. The van der Waals surface area contributed by atoms with Crippen LogP contribution in [0.3, 0.4) is 0 Å². The van der Waals surface area contributed by atoms with Crippen LogP contribution in [0.15, 0.2) is 24.3 Å². The van der Waals surface area contributed by atoms with Crippen LogP contribution in [-0.2, 0) is 0 Å². The molecule has 0 aromatic heterocycles. The van der Waals surface area contributed by atoms with Crippen LogP contribution in [0.1, 0.15) is 51.4 Å². The first kappa shape index (κ1) is 9.57. The van der Waals surface area contributed by atoms with Crippen LogP contribution in [-0.4, -0.2) is 0 Å². The number of hydrogen-bond acceptors (Lipinski definition) is 0. The van der Waals surface area contributed by atoms with Crippen molar-refractivity contribution in [3.05, 3.63) is 24.3 Å². The fourth-order valence-corrected chi connectivity index (χ4v) is 1.75. The summed E-state index contributed by atoms with van der Waals surface area (Å²) in [6, 6.07) is 0. The van der Waals surface area contributed by atoms with Crippen LogP contribution in [0.25, 0.3) is 0 Å². The molecule has 68 valence electrons. The highest BCUT2D eigenvalue weighted by molar-refractivity contribution is 4.98. The zero-order valence-corrected chi connectivity index (χ0v) is 8.07. The maximum absolute atomic E-state index is 3.85. The van der Waals surface area contributed by atoms with Crippen LogP contribution in [0.4, 0.5) is 0 Å². The smallest absolute Gasteiger partial charge is 0.0323 e. The van der Waals surface area contributed by atoms with Crippen molar-refractivity contribution >= 4 is 0 Å². The Morgan fingerprint density at radius 3 is 0.917 bits per heavy atom. The lowest BCUT2D eigenvalue weighted by Gasteiger charge is -1.80. The fourth-order valence-electron chi connectivity index (χ4n) is 1.75. The second-order valence-electron chi connectivity index (χ2n) is 3.91. The van der Waals surface area contributed by atoms with E-state index in [0.717, 1.165) is 0 Å². The summed E-state index contributed by atoms with van der Waals surface area (Å²) in [5, 5.41) is 0. The van der Waals surface area contributed by atoms with Crippen LogP contribution >= 0.6 is 0 Å². The highest BCUT2D eigenvalue weighted by Gasteiger charge is 2.01. The summed E-state index contributed by atoms with van der Waals surface area (Å²) in [4.78, 5) is 0. The molecule has 0 atom stereocenters. The van der Waals surface area contributed by atoms with Crippen molar-refractivity contribution in [3.8, 4) is 0 Å². The van der Waals surface area contributed by atoms with Crippen LogP contribution in [0.2, 0.25) is 0 Å². The molecule has 0 aliphatic heterocycles. The SMILES string of the molecule is C=C1CCCC1.C=C1CCCC1. The minimum Gasteiger partial charge on any atom is -0.0999 e. The molecular weight excluding hydrogens is 144 g/mol. The van der Waals surface area contributed by atoms with E-state index >= 15 is 0 Å². The van der Waals surface area contributed by atoms with E-state index in [1.54, 1.807) is 0 Å². The summed E-state index contributed by atoms with van der Waals surface area (Å²) in [5.41, 5.74) is 2.91. The van der Waals surface area contributed by atoms with Crippen molar-refractivity contribution in [1.82, 2.24) is 0 Å². The molecule has 0 N–H and O–H groups in total. The molecule has 0 bridgehead atoms. The Hall–Kier alpha value is -0.520. The highest BCUT2D eigenvalue weighted by Crippen LogP contribution is 2.21. The van der Waals surface area contributed by atoms with Gasteiger partial charge in [-0.05, 0) is 51.4 Å². The maximum Gasteiger partial charge on any atom is -0.0323 e. The third kappa shape index (κ3) is 3.75. The Balaban J connectivity index is 0.000000120. The Bertz CT molecular complexity index is 129. The molecule has 0 heteroatoms. The highest BCUT2D eigenvalue weighted by atomic mass is 14.1. The minimum atomic E-state index is 1.29. The minimum absolute atomic E-state index is 1.29. The van der Waals surface area contributed by atoms with Gasteiger partial charge in [0.1, 0.15) is 0 Å². The molecule has 2 saturated carbocycles. The van der Waals surface area contributed by atoms with Crippen molar-refractivity contribution in [2.75, 3.05) is 0 Å². The van der Waals surface area contributed by atoms with Crippen molar-refractivity contribution < 1.29 is 0 Å². The first-order chi connectivity index (χ1) is 5.79. The second kappa shape index (κ2) is 5.18. The fraction of sp³-hybridized carbons (Fsp3) is 0.667. The standard InChI is InChI=1S/2C6H10/c2*1-6-4-2-3-5-6/h2*1-5H2. The van der Waals surface area contributed by atoms with Gasteiger partial charge in [-0.25, -0.2) is 0 Å². The zero-order chi connectivity index (χ0) is 8.81. The Morgan fingerprint density at radius 2 is 0.833 bits per heavy atom. The molecule has 0 aromatic carbocycles. The van der Waals surface area contributed by atoms with Crippen LogP contribution in [0, 0.1) is 0 Å². The van der Waals surface area contributed by atoms with Gasteiger partial charge in [-0.1, -0.05) is 24.3 Å². The molecule has 2 rings (SSSR count). The number of allylic oxidation sites excluding steroid dienone is 2. The van der Waals surface area contributed by atoms with Crippen molar-refractivity contribution in [2.24, 2.45) is 0 Å². The Labute approximate surface area is 76.4 Å². The van der Waals surface area contributed by atoms with Gasteiger partial charge >= 0.3 is 0 Å². The predicted octanol–water partition coefficient (Wildman–Crippen LogP) is 4.23. The topological polar surface area (TPSA) is 0 Å². The lowest BCUT2D eigenvalue weighted by molar-refractivity contribution is 0.886. The van der Waals surface area contributed by atoms with E-state index in [1.165, 1.54) is 62.5 Å². The second-order valence-corrected chi connectivity index (χ2v) is 3.91. The summed E-state index contributed by atoms with van der Waals surface area (Å²) in [6.45, 7) is 7.71. The van der Waals surface area contributed by atoms with Crippen molar-refractivity contribution in [3.63, 3.8) is 0 Å². The summed E-state index contributed by atoms with van der Waals surface area (Å²) < 4.78 is 0. The molecule has 12 heavy (non-hydrogen) atoms. The monoisotopic (exact) mass is 164 g/mol. The van der Waals surface area contributed by atoms with E-state index < -0.39 is 0 Å². The molecule has 0 aromatic rings. The summed E-state index contributed by atoms with van der Waals surface area (Å²) >= 11 is 0. The van der Waals surface area contributed by atoms with Crippen LogP contribution in [0.5, 0.6) is 0 Å². The molecule has 0 spiro atoms. The average Bonchev–Trinajstić information content (AvgIpc) is 2.63. The molecule has 0 heterocycles. The van der Waals surface area contributed by atoms with Gasteiger partial charge in [0, 0.05) is 0 Å². The van der Waals surface area contributed by atoms with E-state index in [0.29, 0.717) is 0 Å². The van der Waals surface area contributed by atoms with Gasteiger partial charge in [0.2, 0.25) is 0 Å². The van der Waals surface area contributed by atoms with Crippen LogP contribution < -0.4 is 0 Å². The average molecular weight is 164 g/mol. The Kier molecular flexibility index (Phi) is 4.13. The quantitative estimate of drug-likeness (QED) is 0.470. The summed E-state index contributed by atoms with van der Waals surface area (Å²) in [5.74, 6) is 0. The molecule has 0 amide bonds. The number of rotatable bonds is 0. The molecule has 2 aliphatic carbocycles. The normalized spacial score (nSPS) is 22.3. The molecule has 0 nitrogen and oxygen atoms in total. The first-order valence-corrected chi connectivity index (χ1v) is 5.12. The van der Waals surface area contributed by atoms with E-state index in [9.17, 15) is 0 Å². The third-order valence-electron chi connectivity index (χ3n) is 2.62. The molecule has 2 aliphatic rings. The molecular formula is C12H20. The maximum atomic E-state index is 3.85. The van der Waals surface area contributed by atoms with Gasteiger partial charge < -0.3 is 0 Å². The predicted molar refractivity (Wildman–Crippen MR) is 55.2 cm³/mol. The van der Waals surface area contributed by atoms with Gasteiger partial charge in [-0.2, -0.15) is 0 Å². The lowest BCUT2D eigenvalue weighted by atomic mass is 10.3. The van der Waals surface area contributed by atoms with E-state index in [4.69, 9.17) is 0 Å². The van der Waals surface area contributed by atoms with Gasteiger partial charge in [0.05, 0.1) is 0 Å². The lowest BCUT2D eigenvalue weighted by Crippen LogP contribution is -1.59. The summed E-state index contributed by atoms with van der Waals surface area (Å²) in [7, 11) is 0. The van der Waals surface area contributed by atoms with Crippen molar-refractivity contribution in [1.29, 1.82) is 0 Å². The molecule has 0 saturated heterocycles. The van der Waals surface area contributed by atoms with E-state index in [-0.39, 0.29) is 0 Å². The Morgan fingerprint density at radius 1 is 0.583 bits per heavy atom. The number of hydrogen-bond donors (Lipinski definition) is 0. The molecule has 2 fully saturated rings. The van der Waals surface area contributed by atoms with Gasteiger partial charge in [0.15, 0.2) is 0 Å². The van der Waals surface area contributed by atoms with Gasteiger partial charge in [0.25, 0.3) is 0 Å². The third-order valence-corrected chi connectivity index (χ3v) is 2.62. The summed E-state index contributed by atoms with van der Waals surface area (Å²) in [6.07, 6.45) is 10.7. The largest absolute Gasteiger partial charge is 0.0999 e. The van der Waals surface area contributed by atoms with Gasteiger partial charge in [-0.15, -0.1) is 0 Å².